The summed E-state index contributed by atoms with van der Waals surface area (Å²) in [6.07, 6.45) is 0. The smallest absolute Gasteiger partial charge is 0.292 e. The van der Waals surface area contributed by atoms with E-state index >= 15 is 0 Å². The van der Waals surface area contributed by atoms with E-state index in [-0.39, 0.29) is 5.69 Å². The number of anilines is 1. The molecule has 0 atom stereocenters. The van der Waals surface area contributed by atoms with Crippen molar-refractivity contribution in [1.29, 1.82) is 0 Å². The molecule has 10 heteroatoms. The second-order valence-electron chi connectivity index (χ2n) is 6.73. The topological polar surface area (TPSA) is 140 Å². The summed E-state index contributed by atoms with van der Waals surface area (Å²) >= 11 is 0. The minimum absolute atomic E-state index is 0.0874. The molecule has 0 spiro atoms. The highest BCUT2D eigenvalue weighted by Gasteiger charge is 2.20. The monoisotopic (exact) mass is 429 g/mol. The number of hydrazine groups is 1. The molecule has 0 radical (unpaired) electrons. The highest BCUT2D eigenvalue weighted by molar-refractivity contribution is 6.07. The normalized spacial score (nSPS) is 10.5. The number of non-ortho nitro benzene ring substituents is 1. The summed E-state index contributed by atoms with van der Waals surface area (Å²) < 4.78 is 0. The van der Waals surface area contributed by atoms with Crippen molar-refractivity contribution in [2.24, 2.45) is 0 Å². The number of nitro benzene ring substituents is 2. The summed E-state index contributed by atoms with van der Waals surface area (Å²) in [4.78, 5) is 38.3. The average molecular weight is 429 g/mol. The van der Waals surface area contributed by atoms with Gasteiger partial charge in [0, 0.05) is 17.0 Å². The van der Waals surface area contributed by atoms with E-state index in [0.29, 0.717) is 22.2 Å². The number of hydrogen-bond acceptors (Lipinski definition) is 7. The van der Waals surface area contributed by atoms with Gasteiger partial charge in [-0.3, -0.25) is 35.9 Å². The maximum absolute atomic E-state index is 13.0. The van der Waals surface area contributed by atoms with Gasteiger partial charge >= 0.3 is 5.69 Å². The molecule has 158 valence electrons. The number of amides is 1. The Morgan fingerprint density at radius 2 is 1.56 bits per heavy atom. The summed E-state index contributed by atoms with van der Waals surface area (Å²) in [6.45, 7) is 0. The Hall–Kier alpha value is -4.86. The fraction of sp³-hybridized carbons (Fsp3) is 0. The standard InChI is InChI=1S/C22H15N5O5/c28-22(25-24-19-11-10-15(26(29)30)12-21(19)27(31)32)17-13-20(14-6-2-1-3-7-14)23-18-9-5-4-8-16(17)18/h1-13,24H,(H,25,28). The Kier molecular flexibility index (Phi) is 5.41. The van der Waals surface area contributed by atoms with E-state index in [1.54, 1.807) is 24.3 Å². The number of pyridine rings is 1. The molecule has 0 unspecified atom stereocenters. The lowest BCUT2D eigenvalue weighted by molar-refractivity contribution is -0.393. The highest BCUT2D eigenvalue weighted by atomic mass is 16.6. The van der Waals surface area contributed by atoms with E-state index in [0.717, 1.165) is 23.8 Å². The maximum Gasteiger partial charge on any atom is 0.300 e. The lowest BCUT2D eigenvalue weighted by Crippen LogP contribution is -2.30. The number of carbonyl (C=O) groups excluding carboxylic acids is 1. The molecule has 1 amide bonds. The molecule has 32 heavy (non-hydrogen) atoms. The Morgan fingerprint density at radius 3 is 2.28 bits per heavy atom. The molecule has 4 aromatic rings. The molecule has 10 nitrogen and oxygen atoms in total. The van der Waals surface area contributed by atoms with Crippen LogP contribution in [0.3, 0.4) is 0 Å². The number of hydrogen-bond donors (Lipinski definition) is 2. The van der Waals surface area contributed by atoms with Crippen molar-refractivity contribution in [3.8, 4) is 11.3 Å². The third kappa shape index (κ3) is 4.05. The number of benzene rings is 3. The van der Waals surface area contributed by atoms with Gasteiger partial charge < -0.3 is 0 Å². The summed E-state index contributed by atoms with van der Waals surface area (Å²) in [6, 6.07) is 21.2. The number of fused-ring (bicyclic) bond motifs is 1. The van der Waals surface area contributed by atoms with E-state index < -0.39 is 27.1 Å². The van der Waals surface area contributed by atoms with Crippen molar-refractivity contribution in [2.75, 3.05) is 5.43 Å². The zero-order chi connectivity index (χ0) is 22.7. The van der Waals surface area contributed by atoms with Gasteiger partial charge in [0.05, 0.1) is 32.7 Å². The Labute approximate surface area is 180 Å². The Balaban J connectivity index is 1.68. The molecule has 1 heterocycles. The maximum atomic E-state index is 13.0. The van der Waals surface area contributed by atoms with Crippen LogP contribution in [0.5, 0.6) is 0 Å². The molecule has 0 saturated carbocycles. The lowest BCUT2D eigenvalue weighted by atomic mass is 10.0. The number of carbonyl (C=O) groups is 1. The van der Waals surface area contributed by atoms with Gasteiger partial charge in [0.1, 0.15) is 5.69 Å². The summed E-state index contributed by atoms with van der Waals surface area (Å²) in [5.74, 6) is -0.548. The van der Waals surface area contributed by atoms with Crippen LogP contribution < -0.4 is 10.9 Å². The number of para-hydroxylation sites is 1. The van der Waals surface area contributed by atoms with Crippen molar-refractivity contribution in [1.82, 2.24) is 10.4 Å². The molecule has 0 aliphatic heterocycles. The van der Waals surface area contributed by atoms with Gasteiger partial charge in [0.2, 0.25) is 0 Å². The largest absolute Gasteiger partial charge is 0.300 e. The molecular weight excluding hydrogens is 414 g/mol. The van der Waals surface area contributed by atoms with Crippen LogP contribution in [0, 0.1) is 20.2 Å². The summed E-state index contributed by atoms with van der Waals surface area (Å²) in [5, 5.41) is 22.8. The number of rotatable bonds is 6. The van der Waals surface area contributed by atoms with Gasteiger partial charge in [-0.2, -0.15) is 0 Å². The van der Waals surface area contributed by atoms with E-state index in [4.69, 9.17) is 0 Å². The van der Waals surface area contributed by atoms with Gasteiger partial charge in [-0.25, -0.2) is 4.98 Å². The van der Waals surface area contributed by atoms with Crippen LogP contribution in [0.1, 0.15) is 10.4 Å². The Bertz CT molecular complexity index is 1360. The van der Waals surface area contributed by atoms with Crippen LogP contribution in [-0.2, 0) is 0 Å². The van der Waals surface area contributed by atoms with Crippen molar-refractivity contribution in [3.05, 3.63) is 105 Å². The van der Waals surface area contributed by atoms with Gasteiger partial charge in [-0.1, -0.05) is 48.5 Å². The number of nitrogens with zero attached hydrogens (tertiary/aromatic N) is 3. The van der Waals surface area contributed by atoms with E-state index in [2.05, 4.69) is 15.8 Å². The first-order valence-electron chi connectivity index (χ1n) is 9.38. The molecule has 1 aromatic heterocycles. The first kappa shape index (κ1) is 20.4. The van der Waals surface area contributed by atoms with E-state index in [9.17, 15) is 25.0 Å². The third-order valence-corrected chi connectivity index (χ3v) is 4.73. The minimum atomic E-state index is -0.767. The summed E-state index contributed by atoms with van der Waals surface area (Å²) in [7, 11) is 0. The van der Waals surface area contributed by atoms with Crippen LogP contribution >= 0.6 is 0 Å². The molecular formula is C22H15N5O5. The SMILES string of the molecule is O=C(NNc1ccc([N+](=O)[O-])cc1[N+](=O)[O-])c1cc(-c2ccccc2)nc2ccccc12. The molecule has 3 aromatic carbocycles. The van der Waals surface area contributed by atoms with Crippen LogP contribution in [0.15, 0.2) is 78.9 Å². The fourth-order valence-electron chi connectivity index (χ4n) is 3.20. The van der Waals surface area contributed by atoms with E-state index in [1.807, 2.05) is 36.4 Å². The molecule has 4 rings (SSSR count). The molecule has 0 aliphatic rings. The Morgan fingerprint density at radius 1 is 0.844 bits per heavy atom. The zero-order valence-electron chi connectivity index (χ0n) is 16.4. The van der Waals surface area contributed by atoms with Gasteiger partial charge in [0.25, 0.3) is 11.6 Å². The molecule has 0 bridgehead atoms. The summed E-state index contributed by atoms with van der Waals surface area (Å²) in [5.41, 5.74) is 6.22. The second-order valence-corrected chi connectivity index (χ2v) is 6.73. The first-order chi connectivity index (χ1) is 15.4. The number of aromatic nitrogens is 1. The van der Waals surface area contributed by atoms with Crippen molar-refractivity contribution < 1.29 is 14.6 Å². The predicted octanol–water partition coefficient (Wildman–Crippen LogP) is 4.48. The average Bonchev–Trinajstić information content (AvgIpc) is 2.82. The van der Waals surface area contributed by atoms with Crippen molar-refractivity contribution in [2.45, 2.75) is 0 Å². The second kappa shape index (κ2) is 8.48. The van der Waals surface area contributed by atoms with Crippen LogP contribution in [-0.4, -0.2) is 20.7 Å². The first-order valence-corrected chi connectivity index (χ1v) is 9.38. The molecule has 0 saturated heterocycles. The molecule has 2 N–H and O–H groups in total. The van der Waals surface area contributed by atoms with Crippen molar-refractivity contribution >= 4 is 33.9 Å². The van der Waals surface area contributed by atoms with Crippen molar-refractivity contribution in [3.63, 3.8) is 0 Å². The van der Waals surface area contributed by atoms with Gasteiger partial charge in [-0.05, 0) is 18.2 Å². The number of nitrogens with one attached hydrogen (secondary N) is 2. The van der Waals surface area contributed by atoms with Gasteiger partial charge in [-0.15, -0.1) is 0 Å². The minimum Gasteiger partial charge on any atom is -0.292 e. The van der Waals surface area contributed by atoms with E-state index in [1.165, 1.54) is 0 Å². The molecule has 0 aliphatic carbocycles. The quantitative estimate of drug-likeness (QED) is 0.340. The lowest BCUT2D eigenvalue weighted by Gasteiger charge is -2.12. The fourth-order valence-corrected chi connectivity index (χ4v) is 3.20. The zero-order valence-corrected chi connectivity index (χ0v) is 16.4. The van der Waals surface area contributed by atoms with Crippen LogP contribution in [0.25, 0.3) is 22.2 Å². The predicted molar refractivity (Wildman–Crippen MR) is 118 cm³/mol. The third-order valence-electron chi connectivity index (χ3n) is 4.73. The van der Waals surface area contributed by atoms with Gasteiger partial charge in [0.15, 0.2) is 0 Å². The highest BCUT2D eigenvalue weighted by Crippen LogP contribution is 2.29. The van der Waals surface area contributed by atoms with Crippen LogP contribution in [0.2, 0.25) is 0 Å². The molecule has 0 fully saturated rings. The number of nitro groups is 2. The van der Waals surface area contributed by atoms with Crippen LogP contribution in [0.4, 0.5) is 17.1 Å².